The molecule has 1 heterocycles. The number of nitrogens with zero attached hydrogens (tertiary/aromatic N) is 1. The van der Waals surface area contributed by atoms with E-state index in [1.54, 1.807) is 12.4 Å². The van der Waals surface area contributed by atoms with Gasteiger partial charge in [-0.15, -0.1) is 12.4 Å². The second-order valence-electron chi connectivity index (χ2n) is 3.92. The molecule has 0 saturated heterocycles. The van der Waals surface area contributed by atoms with Crippen LogP contribution in [0, 0.1) is 0 Å². The topological polar surface area (TPSA) is 77.0 Å². The molecule has 0 amide bonds. The van der Waals surface area contributed by atoms with Crippen LogP contribution in [0.5, 0.6) is 0 Å². The number of halogens is 1. The van der Waals surface area contributed by atoms with Crippen molar-refractivity contribution in [2.75, 3.05) is 11.5 Å². The van der Waals surface area contributed by atoms with Gasteiger partial charge in [0, 0.05) is 36.9 Å². The molecule has 0 aliphatic heterocycles. The quantitative estimate of drug-likeness (QED) is 0.738. The van der Waals surface area contributed by atoms with Gasteiger partial charge in [0.05, 0.1) is 0 Å². The molecule has 0 radical (unpaired) electrons. The van der Waals surface area contributed by atoms with Crippen LogP contribution >= 0.6 is 12.4 Å². The van der Waals surface area contributed by atoms with Gasteiger partial charge >= 0.3 is 0 Å². The number of benzene rings is 1. The van der Waals surface area contributed by atoms with E-state index in [1.165, 1.54) is 5.56 Å². The van der Waals surface area contributed by atoms with Crippen molar-refractivity contribution in [2.24, 2.45) is 0 Å². The highest BCUT2D eigenvalue weighted by molar-refractivity contribution is 5.85. The minimum atomic E-state index is 0. The molecule has 0 bridgehead atoms. The summed E-state index contributed by atoms with van der Waals surface area (Å²) in [5, 5.41) is 3.32. The van der Waals surface area contributed by atoms with Crippen molar-refractivity contribution >= 4 is 23.8 Å². The predicted octanol–water partition coefficient (Wildman–Crippen LogP) is 1.96. The molecule has 0 fully saturated rings. The zero-order valence-corrected chi connectivity index (χ0v) is 10.8. The van der Waals surface area contributed by atoms with Crippen molar-refractivity contribution in [3.8, 4) is 0 Å². The molecule has 0 aliphatic rings. The average molecular weight is 265 g/mol. The zero-order valence-electron chi connectivity index (χ0n) is 9.97. The number of pyridine rings is 1. The van der Waals surface area contributed by atoms with Gasteiger partial charge in [0.2, 0.25) is 0 Å². The molecule has 5 heteroatoms. The number of hydrogen-bond acceptors (Lipinski definition) is 4. The summed E-state index contributed by atoms with van der Waals surface area (Å²) >= 11 is 0. The summed E-state index contributed by atoms with van der Waals surface area (Å²) < 4.78 is 0. The lowest BCUT2D eigenvalue weighted by atomic mass is 10.1. The Morgan fingerprint density at radius 2 is 1.72 bits per heavy atom. The standard InChI is InChI=1S/C13H16N4.ClH/c14-12-1-2-13(15)11(7-12)9-17-8-10-3-5-16-6-4-10;/h1-7,17H,8-9,14-15H2;1H. The Morgan fingerprint density at radius 3 is 2.44 bits per heavy atom. The first-order valence-corrected chi connectivity index (χ1v) is 5.49. The molecule has 18 heavy (non-hydrogen) atoms. The van der Waals surface area contributed by atoms with Gasteiger partial charge in [-0.3, -0.25) is 4.98 Å². The first-order chi connectivity index (χ1) is 8.25. The SMILES string of the molecule is Cl.Nc1ccc(N)c(CNCc2ccncc2)c1. The van der Waals surface area contributed by atoms with Crippen LogP contribution < -0.4 is 16.8 Å². The van der Waals surface area contributed by atoms with Crippen LogP contribution in [0.3, 0.4) is 0 Å². The molecule has 0 atom stereocenters. The van der Waals surface area contributed by atoms with Crippen LogP contribution in [-0.4, -0.2) is 4.98 Å². The van der Waals surface area contributed by atoms with Crippen LogP contribution in [-0.2, 0) is 13.1 Å². The monoisotopic (exact) mass is 264 g/mol. The smallest absolute Gasteiger partial charge is 0.0361 e. The lowest BCUT2D eigenvalue weighted by molar-refractivity contribution is 0.694. The molecule has 0 aliphatic carbocycles. The largest absolute Gasteiger partial charge is 0.399 e. The third-order valence-electron chi connectivity index (χ3n) is 2.56. The number of nitrogen functional groups attached to an aromatic ring is 2. The fourth-order valence-corrected chi connectivity index (χ4v) is 1.62. The van der Waals surface area contributed by atoms with Crippen molar-refractivity contribution in [1.82, 2.24) is 10.3 Å². The van der Waals surface area contributed by atoms with Gasteiger partial charge in [-0.25, -0.2) is 0 Å². The fourth-order valence-electron chi connectivity index (χ4n) is 1.62. The van der Waals surface area contributed by atoms with Crippen LogP contribution in [0.4, 0.5) is 11.4 Å². The van der Waals surface area contributed by atoms with Gasteiger partial charge in [-0.1, -0.05) is 0 Å². The number of rotatable bonds is 4. The highest BCUT2D eigenvalue weighted by Crippen LogP contribution is 2.15. The van der Waals surface area contributed by atoms with Crippen LogP contribution in [0.1, 0.15) is 11.1 Å². The summed E-state index contributed by atoms with van der Waals surface area (Å²) in [6, 6.07) is 9.50. The van der Waals surface area contributed by atoms with Crippen molar-refractivity contribution in [3.63, 3.8) is 0 Å². The fraction of sp³-hybridized carbons (Fsp3) is 0.154. The molecule has 4 nitrogen and oxygen atoms in total. The number of nitrogens with two attached hydrogens (primary N) is 2. The van der Waals surface area contributed by atoms with E-state index >= 15 is 0 Å². The van der Waals surface area contributed by atoms with E-state index in [9.17, 15) is 0 Å². The Kier molecular flexibility index (Phi) is 5.42. The Hall–Kier alpha value is -1.78. The molecule has 1 aromatic carbocycles. The second kappa shape index (κ2) is 6.83. The van der Waals surface area contributed by atoms with E-state index in [0.29, 0.717) is 6.54 Å². The van der Waals surface area contributed by atoms with Crippen molar-refractivity contribution < 1.29 is 0 Å². The summed E-state index contributed by atoms with van der Waals surface area (Å²) in [6.07, 6.45) is 3.57. The maximum absolute atomic E-state index is 5.86. The minimum absolute atomic E-state index is 0. The highest BCUT2D eigenvalue weighted by Gasteiger charge is 1.99. The van der Waals surface area contributed by atoms with Gasteiger partial charge in [0.15, 0.2) is 0 Å². The number of hydrogen-bond donors (Lipinski definition) is 3. The van der Waals surface area contributed by atoms with E-state index in [4.69, 9.17) is 11.5 Å². The summed E-state index contributed by atoms with van der Waals surface area (Å²) in [5.74, 6) is 0. The maximum atomic E-state index is 5.86. The maximum Gasteiger partial charge on any atom is 0.0361 e. The average Bonchev–Trinajstić information content (AvgIpc) is 2.35. The Bertz CT molecular complexity index is 488. The second-order valence-corrected chi connectivity index (χ2v) is 3.92. The Balaban J connectivity index is 0.00000162. The van der Waals surface area contributed by atoms with Crippen LogP contribution in [0.2, 0.25) is 0 Å². The molecule has 2 rings (SSSR count). The summed E-state index contributed by atoms with van der Waals surface area (Å²) in [7, 11) is 0. The lowest BCUT2D eigenvalue weighted by Crippen LogP contribution is -2.14. The normalized spacial score (nSPS) is 9.78. The molecule has 96 valence electrons. The summed E-state index contributed by atoms with van der Waals surface area (Å²) in [6.45, 7) is 1.50. The van der Waals surface area contributed by atoms with Crippen LogP contribution in [0.15, 0.2) is 42.7 Å². The third kappa shape index (κ3) is 3.91. The molecule has 5 N–H and O–H groups in total. The molecule has 2 aromatic rings. The Morgan fingerprint density at radius 1 is 1.00 bits per heavy atom. The van der Waals surface area contributed by atoms with Gasteiger partial charge in [0.1, 0.15) is 0 Å². The molecule has 0 unspecified atom stereocenters. The van der Waals surface area contributed by atoms with Crippen LogP contribution in [0.25, 0.3) is 0 Å². The number of nitrogens with one attached hydrogen (secondary N) is 1. The van der Waals surface area contributed by atoms with Gasteiger partial charge < -0.3 is 16.8 Å². The summed E-state index contributed by atoms with van der Waals surface area (Å²) in [4.78, 5) is 3.97. The molecule has 1 aromatic heterocycles. The van der Waals surface area contributed by atoms with E-state index in [2.05, 4.69) is 10.3 Å². The summed E-state index contributed by atoms with van der Waals surface area (Å²) in [5.41, 5.74) is 15.3. The molecular weight excluding hydrogens is 248 g/mol. The third-order valence-corrected chi connectivity index (χ3v) is 2.56. The zero-order chi connectivity index (χ0) is 12.1. The van der Waals surface area contributed by atoms with Crippen molar-refractivity contribution in [3.05, 3.63) is 53.9 Å². The molecule has 0 spiro atoms. The number of anilines is 2. The minimum Gasteiger partial charge on any atom is -0.399 e. The Labute approximate surface area is 113 Å². The highest BCUT2D eigenvalue weighted by atomic mass is 35.5. The van der Waals surface area contributed by atoms with E-state index < -0.39 is 0 Å². The van der Waals surface area contributed by atoms with E-state index in [1.807, 2.05) is 30.3 Å². The molecule has 0 saturated carbocycles. The predicted molar refractivity (Wildman–Crippen MR) is 77.3 cm³/mol. The van der Waals surface area contributed by atoms with Gasteiger partial charge in [-0.05, 0) is 41.5 Å². The van der Waals surface area contributed by atoms with Gasteiger partial charge in [0.25, 0.3) is 0 Å². The first kappa shape index (κ1) is 14.3. The number of aromatic nitrogens is 1. The molecular formula is C13H17ClN4. The first-order valence-electron chi connectivity index (χ1n) is 5.49. The van der Waals surface area contributed by atoms with Gasteiger partial charge in [-0.2, -0.15) is 0 Å². The van der Waals surface area contributed by atoms with E-state index in [-0.39, 0.29) is 12.4 Å². The van der Waals surface area contributed by atoms with Crippen molar-refractivity contribution in [1.29, 1.82) is 0 Å². The van der Waals surface area contributed by atoms with Crippen molar-refractivity contribution in [2.45, 2.75) is 13.1 Å². The lowest BCUT2D eigenvalue weighted by Gasteiger charge is -2.08. The van der Waals surface area contributed by atoms with E-state index in [0.717, 1.165) is 23.5 Å².